The minimum absolute atomic E-state index is 0.431. The molecule has 2 heterocycles. The SMILES string of the molecule is Nc1ccn2ncc(P(Cl)(c3ccccc3)(c3ccccc3)c3ccccc3)c2n1. The molecule has 5 rings (SSSR count). The van der Waals surface area contributed by atoms with Gasteiger partial charge in [0.15, 0.2) is 0 Å². The van der Waals surface area contributed by atoms with E-state index in [2.05, 4.69) is 46.5 Å². The van der Waals surface area contributed by atoms with E-state index in [1.54, 1.807) is 10.6 Å². The van der Waals surface area contributed by atoms with Gasteiger partial charge < -0.3 is 0 Å². The first-order valence-electron chi connectivity index (χ1n) is 9.63. The van der Waals surface area contributed by atoms with Crippen molar-refractivity contribution in [2.45, 2.75) is 0 Å². The molecule has 2 N–H and O–H groups in total. The number of anilines is 1. The van der Waals surface area contributed by atoms with E-state index in [0.29, 0.717) is 11.5 Å². The average Bonchev–Trinajstić information content (AvgIpc) is 3.24. The Labute approximate surface area is 179 Å². The first kappa shape index (κ1) is 18.8. The van der Waals surface area contributed by atoms with Crippen LogP contribution in [0.15, 0.2) is 109 Å². The number of rotatable bonds is 4. The van der Waals surface area contributed by atoms with Crippen molar-refractivity contribution in [3.8, 4) is 0 Å². The van der Waals surface area contributed by atoms with Gasteiger partial charge in [-0.2, -0.15) is 0 Å². The molecule has 0 unspecified atom stereocenters. The molecule has 0 saturated heterocycles. The fourth-order valence-corrected chi connectivity index (χ4v) is 10.2. The van der Waals surface area contributed by atoms with E-state index in [0.717, 1.165) is 21.2 Å². The van der Waals surface area contributed by atoms with E-state index < -0.39 is 5.96 Å². The molecule has 0 bridgehead atoms. The summed E-state index contributed by atoms with van der Waals surface area (Å²) >= 11 is 8.17. The van der Waals surface area contributed by atoms with Gasteiger partial charge in [-0.15, -0.1) is 0 Å². The van der Waals surface area contributed by atoms with Gasteiger partial charge in [-0.25, -0.2) is 0 Å². The Hall–Kier alpha value is -3.20. The zero-order valence-electron chi connectivity index (χ0n) is 16.1. The van der Waals surface area contributed by atoms with Crippen molar-refractivity contribution in [2.75, 3.05) is 5.73 Å². The molecule has 0 aliphatic rings. The van der Waals surface area contributed by atoms with Crippen LogP contribution in [0.25, 0.3) is 5.65 Å². The number of benzene rings is 3. The maximum atomic E-state index is 8.17. The molecular formula is C24H20ClN4P. The van der Waals surface area contributed by atoms with Gasteiger partial charge in [-0.05, 0) is 0 Å². The Morgan fingerprint density at radius 3 is 1.63 bits per heavy atom. The second kappa shape index (κ2) is 6.94. The molecule has 0 fully saturated rings. The van der Waals surface area contributed by atoms with Crippen LogP contribution in [-0.2, 0) is 0 Å². The van der Waals surface area contributed by atoms with Gasteiger partial charge in [0, 0.05) is 0 Å². The molecular weight excluding hydrogens is 411 g/mol. The van der Waals surface area contributed by atoms with Crippen LogP contribution in [0.2, 0.25) is 0 Å². The van der Waals surface area contributed by atoms with Crippen LogP contribution in [0.3, 0.4) is 0 Å². The predicted molar refractivity (Wildman–Crippen MR) is 128 cm³/mol. The third kappa shape index (κ3) is 2.51. The van der Waals surface area contributed by atoms with Crippen LogP contribution in [0, 0.1) is 0 Å². The summed E-state index contributed by atoms with van der Waals surface area (Å²) in [7, 11) is 0. The van der Waals surface area contributed by atoms with E-state index in [-0.39, 0.29) is 0 Å². The summed E-state index contributed by atoms with van der Waals surface area (Å²) in [4.78, 5) is 4.65. The number of nitrogens with zero attached hydrogens (tertiary/aromatic N) is 3. The summed E-state index contributed by atoms with van der Waals surface area (Å²) in [5, 5.41) is 8.56. The summed E-state index contributed by atoms with van der Waals surface area (Å²) in [6, 6.07) is 32.5. The third-order valence-electron chi connectivity index (χ3n) is 5.55. The monoisotopic (exact) mass is 430 g/mol. The van der Waals surface area contributed by atoms with Crippen molar-refractivity contribution in [3.05, 3.63) is 109 Å². The number of nitrogens with two attached hydrogens (primary N) is 1. The van der Waals surface area contributed by atoms with Crippen LogP contribution in [0.1, 0.15) is 0 Å². The average molecular weight is 431 g/mol. The molecule has 0 amide bonds. The number of halogens is 1. The molecule has 2 aromatic heterocycles. The Morgan fingerprint density at radius 1 is 0.700 bits per heavy atom. The van der Waals surface area contributed by atoms with E-state index in [9.17, 15) is 0 Å². The van der Waals surface area contributed by atoms with E-state index >= 15 is 0 Å². The Balaban J connectivity index is 2.04. The first-order valence-corrected chi connectivity index (χ1v) is 12.8. The standard InChI is InChI=1S/C24H20ClN4P/c25-30(19-10-4-1-5-11-19,20-12-6-2-7-13-20,21-14-8-3-9-15-21)22-18-27-29-17-16-23(26)28-24(22)29/h1-18H,(H2,26,28). The summed E-state index contributed by atoms with van der Waals surface area (Å²) in [6.07, 6.45) is 3.67. The molecule has 0 radical (unpaired) electrons. The predicted octanol–water partition coefficient (Wildman–Crippen LogP) is 3.62. The minimum atomic E-state index is -3.69. The number of nitrogen functional groups attached to an aromatic ring is 1. The van der Waals surface area contributed by atoms with E-state index in [1.807, 2.05) is 67.0 Å². The number of hydrogen-bond donors (Lipinski definition) is 1. The van der Waals surface area contributed by atoms with Gasteiger partial charge in [0.05, 0.1) is 0 Å². The number of hydrogen-bond acceptors (Lipinski definition) is 3. The van der Waals surface area contributed by atoms with E-state index in [4.69, 9.17) is 17.0 Å². The van der Waals surface area contributed by atoms with Crippen LogP contribution < -0.4 is 27.0 Å². The molecule has 4 nitrogen and oxygen atoms in total. The number of fused-ring (bicyclic) bond motifs is 1. The van der Waals surface area contributed by atoms with Gasteiger partial charge in [-0.3, -0.25) is 0 Å². The topological polar surface area (TPSA) is 56.2 Å². The molecule has 0 saturated carbocycles. The zero-order valence-corrected chi connectivity index (χ0v) is 17.8. The molecule has 6 heteroatoms. The second-order valence-electron chi connectivity index (χ2n) is 7.17. The van der Waals surface area contributed by atoms with E-state index in [1.165, 1.54) is 0 Å². The van der Waals surface area contributed by atoms with Crippen molar-refractivity contribution in [3.63, 3.8) is 0 Å². The first-order chi connectivity index (χ1) is 14.6. The summed E-state index contributed by atoms with van der Waals surface area (Å²) in [5.74, 6) is -3.26. The second-order valence-corrected chi connectivity index (χ2v) is 13.2. The Kier molecular flexibility index (Phi) is 4.35. The Morgan fingerprint density at radius 2 is 1.17 bits per heavy atom. The van der Waals surface area contributed by atoms with Gasteiger partial charge in [-0.1, -0.05) is 0 Å². The van der Waals surface area contributed by atoms with Crippen LogP contribution in [0.5, 0.6) is 0 Å². The normalized spacial score (nSPS) is 13.0. The van der Waals surface area contributed by atoms with Crippen molar-refractivity contribution in [1.29, 1.82) is 0 Å². The molecule has 0 atom stereocenters. The van der Waals surface area contributed by atoms with Gasteiger partial charge in [0.2, 0.25) is 0 Å². The van der Waals surface area contributed by atoms with Crippen LogP contribution in [0.4, 0.5) is 5.82 Å². The maximum absolute atomic E-state index is 8.17. The quantitative estimate of drug-likeness (QED) is 0.443. The fourth-order valence-electron chi connectivity index (χ4n) is 4.16. The molecule has 0 aliphatic carbocycles. The molecule has 3 aromatic carbocycles. The summed E-state index contributed by atoms with van der Waals surface area (Å²) < 4.78 is 1.74. The summed E-state index contributed by atoms with van der Waals surface area (Å²) in [5.41, 5.74) is 6.74. The van der Waals surface area contributed by atoms with Gasteiger partial charge in [0.1, 0.15) is 0 Å². The van der Waals surface area contributed by atoms with Crippen LogP contribution in [-0.4, -0.2) is 14.6 Å². The molecule has 0 spiro atoms. The van der Waals surface area contributed by atoms with Crippen LogP contribution >= 0.6 is 17.2 Å². The molecule has 5 aromatic rings. The Bertz CT molecular complexity index is 1220. The van der Waals surface area contributed by atoms with Crippen molar-refractivity contribution < 1.29 is 0 Å². The van der Waals surface area contributed by atoms with Crippen molar-refractivity contribution in [2.24, 2.45) is 0 Å². The van der Waals surface area contributed by atoms with Gasteiger partial charge in [0.25, 0.3) is 0 Å². The summed E-state index contributed by atoms with van der Waals surface area (Å²) in [6.45, 7) is 0. The molecule has 148 valence electrons. The van der Waals surface area contributed by atoms with Crippen molar-refractivity contribution >= 4 is 49.9 Å². The third-order valence-corrected chi connectivity index (χ3v) is 12.9. The number of aromatic nitrogens is 3. The zero-order chi connectivity index (χ0) is 20.6. The fraction of sp³-hybridized carbons (Fsp3) is 0. The van der Waals surface area contributed by atoms with Gasteiger partial charge >= 0.3 is 180 Å². The molecule has 0 aliphatic heterocycles. The van der Waals surface area contributed by atoms with Crippen molar-refractivity contribution in [1.82, 2.24) is 14.6 Å². The molecule has 30 heavy (non-hydrogen) atoms.